The minimum Gasteiger partial charge on any atom is -0.314 e. The Morgan fingerprint density at radius 3 is 2.78 bits per heavy atom. The lowest BCUT2D eigenvalue weighted by Crippen LogP contribution is -2.45. The zero-order valence-electron chi connectivity index (χ0n) is 10.3. The van der Waals surface area contributed by atoms with Crippen LogP contribution in [-0.4, -0.2) is 31.1 Å². The summed E-state index contributed by atoms with van der Waals surface area (Å²) in [6.45, 7) is 7.44. The number of rotatable bonds is 4. The Morgan fingerprint density at radius 1 is 1.44 bits per heavy atom. The Labute approximate surface area is 112 Å². The molecule has 2 rings (SSSR count). The molecule has 0 bridgehead atoms. The fourth-order valence-electron chi connectivity index (χ4n) is 2.43. The van der Waals surface area contributed by atoms with Gasteiger partial charge in [0.15, 0.2) is 0 Å². The molecule has 1 aliphatic rings. The van der Waals surface area contributed by atoms with Crippen LogP contribution in [0.15, 0.2) is 30.9 Å². The number of hydrogen-bond acceptors (Lipinski definition) is 2. The lowest BCUT2D eigenvalue weighted by Gasteiger charge is -2.35. The summed E-state index contributed by atoms with van der Waals surface area (Å²) in [5, 5.41) is 3.80. The lowest BCUT2D eigenvalue weighted by molar-refractivity contribution is 0.171. The summed E-state index contributed by atoms with van der Waals surface area (Å²) in [6, 6.07) is 4.85. The fourth-order valence-corrected chi connectivity index (χ4v) is 2.72. The molecule has 1 aliphatic heterocycles. The van der Waals surface area contributed by atoms with E-state index >= 15 is 0 Å². The van der Waals surface area contributed by atoms with Gasteiger partial charge in [-0.1, -0.05) is 23.7 Å². The maximum atomic E-state index is 14.0. The second-order valence-corrected chi connectivity index (χ2v) is 4.87. The molecule has 18 heavy (non-hydrogen) atoms. The number of halogens is 2. The third-order valence-corrected chi connectivity index (χ3v) is 3.64. The molecule has 0 radical (unpaired) electrons. The Morgan fingerprint density at radius 2 is 2.17 bits per heavy atom. The standard InChI is InChI=1S/C14H18ClFN2/c1-2-4-13(18-9-7-17-8-10-18)14-11(15)5-3-6-12(14)16/h2-3,5-6,13,17H,1,4,7-10H2/t13-/m0/s1. The maximum absolute atomic E-state index is 14.0. The average molecular weight is 269 g/mol. The maximum Gasteiger partial charge on any atom is 0.129 e. The van der Waals surface area contributed by atoms with Crippen LogP contribution in [0.5, 0.6) is 0 Å². The zero-order chi connectivity index (χ0) is 13.0. The number of hydrogen-bond donors (Lipinski definition) is 1. The molecule has 1 heterocycles. The van der Waals surface area contributed by atoms with E-state index in [0.717, 1.165) is 26.2 Å². The molecule has 1 N–H and O–H groups in total. The van der Waals surface area contributed by atoms with Gasteiger partial charge in [0, 0.05) is 42.8 Å². The van der Waals surface area contributed by atoms with Gasteiger partial charge in [0.2, 0.25) is 0 Å². The van der Waals surface area contributed by atoms with Gasteiger partial charge in [0.1, 0.15) is 5.82 Å². The van der Waals surface area contributed by atoms with Crippen LogP contribution in [0.4, 0.5) is 4.39 Å². The molecule has 0 aromatic heterocycles. The van der Waals surface area contributed by atoms with Crippen LogP contribution in [0.2, 0.25) is 5.02 Å². The van der Waals surface area contributed by atoms with Crippen molar-refractivity contribution in [1.29, 1.82) is 0 Å². The quantitative estimate of drug-likeness (QED) is 0.845. The van der Waals surface area contributed by atoms with Crippen molar-refractivity contribution >= 4 is 11.6 Å². The van der Waals surface area contributed by atoms with Crippen molar-refractivity contribution in [3.8, 4) is 0 Å². The van der Waals surface area contributed by atoms with Crippen molar-refractivity contribution in [2.24, 2.45) is 0 Å². The minimum atomic E-state index is -0.229. The molecule has 1 fully saturated rings. The Hall–Kier alpha value is -0.900. The molecule has 2 nitrogen and oxygen atoms in total. The van der Waals surface area contributed by atoms with Crippen LogP contribution in [0.25, 0.3) is 0 Å². The SMILES string of the molecule is C=CC[C@@H](c1c(F)cccc1Cl)N1CCNCC1. The van der Waals surface area contributed by atoms with Gasteiger partial charge in [-0.2, -0.15) is 0 Å². The van der Waals surface area contributed by atoms with Gasteiger partial charge in [0.25, 0.3) is 0 Å². The second-order valence-electron chi connectivity index (χ2n) is 4.46. The van der Waals surface area contributed by atoms with Crippen LogP contribution in [0.1, 0.15) is 18.0 Å². The summed E-state index contributed by atoms with van der Waals surface area (Å²) >= 11 is 6.16. The predicted molar refractivity (Wildman–Crippen MR) is 73.4 cm³/mol. The molecule has 1 aromatic rings. The highest BCUT2D eigenvalue weighted by Crippen LogP contribution is 2.32. The number of piperazine rings is 1. The van der Waals surface area contributed by atoms with Crippen LogP contribution < -0.4 is 5.32 Å². The van der Waals surface area contributed by atoms with E-state index in [1.165, 1.54) is 6.07 Å². The molecule has 0 unspecified atom stereocenters. The van der Waals surface area contributed by atoms with Gasteiger partial charge in [-0.25, -0.2) is 4.39 Å². The van der Waals surface area contributed by atoms with Crippen molar-refractivity contribution in [2.45, 2.75) is 12.5 Å². The van der Waals surface area contributed by atoms with Crippen molar-refractivity contribution < 1.29 is 4.39 Å². The van der Waals surface area contributed by atoms with Crippen LogP contribution in [-0.2, 0) is 0 Å². The molecule has 1 aromatic carbocycles. The highest BCUT2D eigenvalue weighted by Gasteiger charge is 2.25. The Balaban J connectivity index is 2.30. The number of nitrogens with one attached hydrogen (secondary N) is 1. The van der Waals surface area contributed by atoms with E-state index in [0.29, 0.717) is 17.0 Å². The van der Waals surface area contributed by atoms with E-state index in [9.17, 15) is 4.39 Å². The molecule has 0 spiro atoms. The Bertz CT molecular complexity index is 396. The third-order valence-electron chi connectivity index (χ3n) is 3.32. The summed E-state index contributed by atoms with van der Waals surface area (Å²) in [6.07, 6.45) is 2.54. The first-order valence-electron chi connectivity index (χ1n) is 6.23. The average Bonchev–Trinajstić information content (AvgIpc) is 2.38. The van der Waals surface area contributed by atoms with Crippen molar-refractivity contribution in [1.82, 2.24) is 10.2 Å². The topological polar surface area (TPSA) is 15.3 Å². The van der Waals surface area contributed by atoms with Crippen LogP contribution in [0, 0.1) is 5.82 Å². The van der Waals surface area contributed by atoms with Gasteiger partial charge in [-0.3, -0.25) is 4.90 Å². The van der Waals surface area contributed by atoms with Gasteiger partial charge < -0.3 is 5.32 Å². The molecule has 0 saturated carbocycles. The van der Waals surface area contributed by atoms with Crippen LogP contribution >= 0.6 is 11.6 Å². The van der Waals surface area contributed by atoms with Crippen LogP contribution in [0.3, 0.4) is 0 Å². The van der Waals surface area contributed by atoms with Gasteiger partial charge in [-0.05, 0) is 18.6 Å². The minimum absolute atomic E-state index is 0.0155. The normalized spacial score (nSPS) is 18.6. The summed E-state index contributed by atoms with van der Waals surface area (Å²) in [5.74, 6) is -0.229. The molecule has 4 heteroatoms. The first-order valence-corrected chi connectivity index (χ1v) is 6.61. The van der Waals surface area contributed by atoms with E-state index in [1.807, 2.05) is 6.08 Å². The van der Waals surface area contributed by atoms with Crippen molar-refractivity contribution in [3.05, 3.63) is 47.3 Å². The largest absolute Gasteiger partial charge is 0.314 e. The van der Waals surface area contributed by atoms with Gasteiger partial charge >= 0.3 is 0 Å². The highest BCUT2D eigenvalue weighted by atomic mass is 35.5. The number of benzene rings is 1. The summed E-state index contributed by atoms with van der Waals surface area (Å²) < 4.78 is 14.0. The lowest BCUT2D eigenvalue weighted by atomic mass is 10.0. The predicted octanol–water partition coefficient (Wildman–Crippen LogP) is 3.00. The summed E-state index contributed by atoms with van der Waals surface area (Å²) in [5.41, 5.74) is 0.598. The number of nitrogens with zero attached hydrogens (tertiary/aromatic N) is 1. The molecule has 0 amide bonds. The molecular weight excluding hydrogens is 251 g/mol. The Kier molecular flexibility index (Phi) is 4.75. The smallest absolute Gasteiger partial charge is 0.129 e. The van der Waals surface area contributed by atoms with E-state index in [2.05, 4.69) is 16.8 Å². The second kappa shape index (κ2) is 6.32. The summed E-state index contributed by atoms with van der Waals surface area (Å²) in [4.78, 5) is 2.27. The first-order chi connectivity index (χ1) is 8.74. The van der Waals surface area contributed by atoms with E-state index < -0.39 is 0 Å². The molecule has 98 valence electrons. The molecule has 1 atom stereocenters. The third kappa shape index (κ3) is 2.91. The first kappa shape index (κ1) is 13.5. The monoisotopic (exact) mass is 268 g/mol. The van der Waals surface area contributed by atoms with Gasteiger partial charge in [0.05, 0.1) is 0 Å². The fraction of sp³-hybridized carbons (Fsp3) is 0.429. The highest BCUT2D eigenvalue weighted by molar-refractivity contribution is 6.31. The van der Waals surface area contributed by atoms with Gasteiger partial charge in [-0.15, -0.1) is 6.58 Å². The molecular formula is C14H18ClFN2. The summed E-state index contributed by atoms with van der Waals surface area (Å²) in [7, 11) is 0. The van der Waals surface area contributed by atoms with E-state index in [4.69, 9.17) is 11.6 Å². The van der Waals surface area contributed by atoms with E-state index in [-0.39, 0.29) is 11.9 Å². The zero-order valence-corrected chi connectivity index (χ0v) is 11.1. The molecule has 0 aliphatic carbocycles. The molecule has 1 saturated heterocycles. The van der Waals surface area contributed by atoms with E-state index in [1.54, 1.807) is 12.1 Å². The van der Waals surface area contributed by atoms with Crippen molar-refractivity contribution in [3.63, 3.8) is 0 Å². The van der Waals surface area contributed by atoms with Crippen molar-refractivity contribution in [2.75, 3.05) is 26.2 Å².